The molecule has 0 bridgehead atoms. The predicted octanol–water partition coefficient (Wildman–Crippen LogP) is 3.23. The van der Waals surface area contributed by atoms with Crippen LogP contribution in [-0.4, -0.2) is 79.0 Å². The Morgan fingerprint density at radius 1 is 1.03 bits per heavy atom. The zero-order valence-electron chi connectivity index (χ0n) is 19.1. The molecule has 8 nitrogen and oxygen atoms in total. The molecule has 2 aliphatic heterocycles. The van der Waals surface area contributed by atoms with E-state index >= 15 is 0 Å². The number of carbonyl (C=O) groups excluding carboxylic acids is 1. The highest BCUT2D eigenvalue weighted by molar-refractivity contribution is 5.94. The van der Waals surface area contributed by atoms with Crippen molar-refractivity contribution in [3.63, 3.8) is 0 Å². The number of likely N-dealkylation sites (N-methyl/N-ethyl adjacent to an activating group) is 1. The smallest absolute Gasteiger partial charge is 0.295 e. The van der Waals surface area contributed by atoms with E-state index < -0.39 is 10.7 Å². The number of halogens is 1. The minimum Gasteiger partial charge on any atom is -0.367 e. The van der Waals surface area contributed by atoms with E-state index in [-0.39, 0.29) is 17.6 Å². The Morgan fingerprint density at radius 2 is 1.70 bits per heavy atom. The Hall–Kier alpha value is -3.20. The van der Waals surface area contributed by atoms with E-state index in [0.29, 0.717) is 49.7 Å². The molecule has 1 amide bonds. The number of hydrogen-bond donors (Lipinski definition) is 0. The summed E-state index contributed by atoms with van der Waals surface area (Å²) >= 11 is 0. The Kier molecular flexibility index (Phi) is 6.78. The maximum Gasteiger partial charge on any atom is 0.295 e. The largest absolute Gasteiger partial charge is 0.367 e. The van der Waals surface area contributed by atoms with E-state index in [9.17, 15) is 19.3 Å². The lowest BCUT2D eigenvalue weighted by molar-refractivity contribution is -0.384. The van der Waals surface area contributed by atoms with Gasteiger partial charge >= 0.3 is 0 Å². The summed E-state index contributed by atoms with van der Waals surface area (Å²) in [7, 11) is 0. The number of anilines is 2. The molecule has 0 unspecified atom stereocenters. The maximum atomic E-state index is 14.9. The molecule has 0 spiro atoms. The van der Waals surface area contributed by atoms with Crippen molar-refractivity contribution in [1.82, 2.24) is 9.80 Å². The SMILES string of the molecule is CCN1CCN(c2cc(N3CCN(C(=O)c4ccccc4)[C@H](C)C3)c([N+](=O)[O-])cc2F)CC1. The molecule has 2 saturated heterocycles. The van der Waals surface area contributed by atoms with Gasteiger partial charge in [-0.15, -0.1) is 0 Å². The quantitative estimate of drug-likeness (QED) is 0.509. The summed E-state index contributed by atoms with van der Waals surface area (Å²) in [6.07, 6.45) is 0. The van der Waals surface area contributed by atoms with Gasteiger partial charge in [0.15, 0.2) is 5.82 Å². The Labute approximate surface area is 193 Å². The lowest BCUT2D eigenvalue weighted by Crippen LogP contribution is -2.54. The molecule has 0 aromatic heterocycles. The highest BCUT2D eigenvalue weighted by atomic mass is 19.1. The van der Waals surface area contributed by atoms with Crippen LogP contribution in [0, 0.1) is 15.9 Å². The number of rotatable bonds is 5. The van der Waals surface area contributed by atoms with Crippen molar-refractivity contribution in [2.75, 3.05) is 62.2 Å². The van der Waals surface area contributed by atoms with Crippen molar-refractivity contribution in [3.8, 4) is 0 Å². The molecule has 2 aromatic carbocycles. The van der Waals surface area contributed by atoms with E-state index in [1.165, 1.54) is 0 Å². The van der Waals surface area contributed by atoms with Gasteiger partial charge in [0.2, 0.25) is 0 Å². The summed E-state index contributed by atoms with van der Waals surface area (Å²) in [5.74, 6) is -0.618. The molecule has 2 aromatic rings. The fourth-order valence-corrected chi connectivity index (χ4v) is 4.71. The maximum absolute atomic E-state index is 14.9. The van der Waals surface area contributed by atoms with E-state index in [2.05, 4.69) is 11.8 Å². The molecular formula is C24H30FN5O3. The van der Waals surface area contributed by atoms with Gasteiger partial charge in [0, 0.05) is 57.4 Å². The van der Waals surface area contributed by atoms with E-state index in [0.717, 1.165) is 25.7 Å². The van der Waals surface area contributed by atoms with Crippen LogP contribution in [0.1, 0.15) is 24.2 Å². The average molecular weight is 456 g/mol. The van der Waals surface area contributed by atoms with E-state index in [1.807, 2.05) is 34.9 Å². The summed E-state index contributed by atoms with van der Waals surface area (Å²) < 4.78 is 14.9. The fourth-order valence-electron chi connectivity index (χ4n) is 4.71. The number of benzene rings is 2. The van der Waals surface area contributed by atoms with E-state index in [1.54, 1.807) is 23.1 Å². The molecule has 1 atom stereocenters. The van der Waals surface area contributed by atoms with Crippen molar-refractivity contribution in [2.45, 2.75) is 19.9 Å². The van der Waals surface area contributed by atoms with Crippen molar-refractivity contribution < 1.29 is 14.1 Å². The van der Waals surface area contributed by atoms with Crippen LogP contribution in [0.3, 0.4) is 0 Å². The number of nitro groups is 1. The molecule has 2 heterocycles. The number of nitrogens with zero attached hydrogens (tertiary/aromatic N) is 5. The average Bonchev–Trinajstić information content (AvgIpc) is 2.84. The van der Waals surface area contributed by atoms with Gasteiger partial charge in [-0.3, -0.25) is 14.9 Å². The Bertz CT molecular complexity index is 1010. The first-order valence-corrected chi connectivity index (χ1v) is 11.4. The van der Waals surface area contributed by atoms with Crippen LogP contribution >= 0.6 is 0 Å². The second-order valence-corrected chi connectivity index (χ2v) is 8.63. The van der Waals surface area contributed by atoms with Crippen LogP contribution in [0.15, 0.2) is 42.5 Å². The van der Waals surface area contributed by atoms with Crippen LogP contribution < -0.4 is 9.80 Å². The summed E-state index contributed by atoms with van der Waals surface area (Å²) in [5.41, 5.74) is 1.20. The van der Waals surface area contributed by atoms with Gasteiger partial charge in [0.1, 0.15) is 5.69 Å². The highest BCUT2D eigenvalue weighted by Gasteiger charge is 2.32. The Morgan fingerprint density at radius 3 is 2.30 bits per heavy atom. The van der Waals surface area contributed by atoms with Crippen LogP contribution in [0.5, 0.6) is 0 Å². The highest BCUT2D eigenvalue weighted by Crippen LogP contribution is 2.36. The van der Waals surface area contributed by atoms with Gasteiger partial charge in [-0.05, 0) is 31.7 Å². The zero-order chi connectivity index (χ0) is 23.5. The second-order valence-electron chi connectivity index (χ2n) is 8.63. The first kappa shape index (κ1) is 23.0. The lowest BCUT2D eigenvalue weighted by Gasteiger charge is -2.41. The number of amides is 1. The minimum atomic E-state index is -0.568. The van der Waals surface area contributed by atoms with Crippen LogP contribution in [0.4, 0.5) is 21.5 Å². The van der Waals surface area contributed by atoms with Crippen LogP contribution in [0.2, 0.25) is 0 Å². The van der Waals surface area contributed by atoms with Gasteiger partial charge in [0.25, 0.3) is 11.6 Å². The molecule has 176 valence electrons. The lowest BCUT2D eigenvalue weighted by atomic mass is 10.1. The van der Waals surface area contributed by atoms with Gasteiger partial charge in [0.05, 0.1) is 16.7 Å². The number of hydrogen-bond acceptors (Lipinski definition) is 6. The molecule has 4 rings (SSSR count). The molecular weight excluding hydrogens is 425 g/mol. The molecule has 9 heteroatoms. The van der Waals surface area contributed by atoms with Gasteiger partial charge in [-0.2, -0.15) is 0 Å². The molecule has 0 radical (unpaired) electrons. The zero-order valence-corrected chi connectivity index (χ0v) is 19.1. The third kappa shape index (κ3) is 4.78. The molecule has 33 heavy (non-hydrogen) atoms. The molecule has 2 aliphatic rings. The summed E-state index contributed by atoms with van der Waals surface area (Å²) in [6, 6.07) is 11.6. The first-order chi connectivity index (χ1) is 15.9. The van der Waals surface area contributed by atoms with E-state index in [4.69, 9.17) is 0 Å². The monoisotopic (exact) mass is 455 g/mol. The van der Waals surface area contributed by atoms with Crippen molar-refractivity contribution in [2.24, 2.45) is 0 Å². The third-order valence-corrected chi connectivity index (χ3v) is 6.65. The molecule has 0 N–H and O–H groups in total. The number of piperazine rings is 2. The van der Waals surface area contributed by atoms with Crippen LogP contribution in [-0.2, 0) is 0 Å². The van der Waals surface area contributed by atoms with Gasteiger partial charge in [-0.25, -0.2) is 4.39 Å². The first-order valence-electron chi connectivity index (χ1n) is 11.4. The minimum absolute atomic E-state index is 0.0501. The molecule has 0 saturated carbocycles. The summed E-state index contributed by atoms with van der Waals surface area (Å²) in [4.78, 5) is 32.1. The normalized spacial score (nSPS) is 19.6. The predicted molar refractivity (Wildman–Crippen MR) is 127 cm³/mol. The topological polar surface area (TPSA) is 73.2 Å². The second kappa shape index (κ2) is 9.74. The van der Waals surface area contributed by atoms with Gasteiger partial charge < -0.3 is 19.6 Å². The fraction of sp³-hybridized carbons (Fsp3) is 0.458. The van der Waals surface area contributed by atoms with Gasteiger partial charge in [-0.1, -0.05) is 25.1 Å². The number of nitro benzene ring substituents is 1. The Balaban J connectivity index is 1.56. The number of carbonyl (C=O) groups is 1. The van der Waals surface area contributed by atoms with Crippen molar-refractivity contribution >= 4 is 23.0 Å². The van der Waals surface area contributed by atoms with Crippen molar-refractivity contribution in [1.29, 1.82) is 0 Å². The summed E-state index contributed by atoms with van der Waals surface area (Å²) in [6.45, 7) is 9.33. The standard InChI is InChI=1S/C24H30FN5O3/c1-3-26-9-11-27(12-10-26)21-16-22(23(30(32)33)15-20(21)25)28-13-14-29(18(2)17-28)24(31)19-7-5-4-6-8-19/h4-8,15-16,18H,3,9-14,17H2,1-2H3/t18-/m1/s1. The molecule has 2 fully saturated rings. The summed E-state index contributed by atoms with van der Waals surface area (Å²) in [5, 5.41) is 11.8. The molecule has 0 aliphatic carbocycles. The van der Waals surface area contributed by atoms with Crippen molar-refractivity contribution in [3.05, 3.63) is 64.0 Å². The van der Waals surface area contributed by atoms with Crippen LogP contribution in [0.25, 0.3) is 0 Å². The third-order valence-electron chi connectivity index (χ3n) is 6.65.